The van der Waals surface area contributed by atoms with Crippen molar-refractivity contribution in [1.29, 1.82) is 0 Å². The highest BCUT2D eigenvalue weighted by Gasteiger charge is 2.31. The van der Waals surface area contributed by atoms with E-state index < -0.39 is 0 Å². The number of hydrogen-bond donors (Lipinski definition) is 0. The van der Waals surface area contributed by atoms with Crippen molar-refractivity contribution < 1.29 is 19.0 Å². The summed E-state index contributed by atoms with van der Waals surface area (Å²) in [5.74, 6) is 1.09. The molecule has 2 unspecified atom stereocenters. The van der Waals surface area contributed by atoms with Gasteiger partial charge in [0.1, 0.15) is 22.1 Å². The van der Waals surface area contributed by atoms with Crippen molar-refractivity contribution in [2.45, 2.75) is 32.0 Å². The Labute approximate surface area is 121 Å². The minimum atomic E-state index is -0.371. The van der Waals surface area contributed by atoms with Crippen LogP contribution in [-0.2, 0) is 4.74 Å². The van der Waals surface area contributed by atoms with Gasteiger partial charge in [0.15, 0.2) is 5.78 Å². The highest BCUT2D eigenvalue weighted by Crippen LogP contribution is 2.38. The second kappa shape index (κ2) is 5.92. The van der Waals surface area contributed by atoms with E-state index in [1.807, 2.05) is 6.92 Å². The number of hydrogen-bond acceptors (Lipinski definition) is 4. The normalized spacial score (nSPS) is 22.3. The Morgan fingerprint density at radius 2 is 2.05 bits per heavy atom. The molecule has 1 aliphatic heterocycles. The summed E-state index contributed by atoms with van der Waals surface area (Å²) in [6.45, 7) is 1.98. The molecule has 4 nitrogen and oxygen atoms in total. The van der Waals surface area contributed by atoms with Crippen LogP contribution in [0.4, 0.5) is 0 Å². The molecule has 0 spiro atoms. The number of ether oxygens (including phenoxy) is 3. The molecule has 2 rings (SSSR count). The van der Waals surface area contributed by atoms with Crippen LogP contribution in [0.15, 0.2) is 16.6 Å². The van der Waals surface area contributed by atoms with Gasteiger partial charge in [0, 0.05) is 0 Å². The molecule has 5 heteroatoms. The Balaban J connectivity index is 2.34. The summed E-state index contributed by atoms with van der Waals surface area (Å²) in [5.41, 5.74) is 0.522. The molecule has 0 aliphatic carbocycles. The van der Waals surface area contributed by atoms with Crippen LogP contribution in [0.5, 0.6) is 11.5 Å². The molecule has 19 heavy (non-hydrogen) atoms. The van der Waals surface area contributed by atoms with E-state index in [4.69, 9.17) is 14.2 Å². The maximum atomic E-state index is 12.5. The van der Waals surface area contributed by atoms with Crippen LogP contribution in [0, 0.1) is 0 Å². The molecule has 0 amide bonds. The lowest BCUT2D eigenvalue weighted by Crippen LogP contribution is -2.21. The molecule has 1 saturated heterocycles. The molecular weight excluding hydrogens is 312 g/mol. The average molecular weight is 329 g/mol. The number of benzene rings is 1. The molecule has 0 radical (unpaired) electrons. The predicted molar refractivity (Wildman–Crippen MR) is 75.1 cm³/mol. The lowest BCUT2D eigenvalue weighted by atomic mass is 10.0. The van der Waals surface area contributed by atoms with Gasteiger partial charge in [0.05, 0.1) is 25.9 Å². The Morgan fingerprint density at radius 1 is 1.32 bits per heavy atom. The SMILES string of the molecule is COc1ccc(C(=O)C2CCC(C)O2)c(OC)c1Br. The summed E-state index contributed by atoms with van der Waals surface area (Å²) in [6.07, 6.45) is 1.44. The maximum Gasteiger partial charge on any atom is 0.195 e. The van der Waals surface area contributed by atoms with Crippen molar-refractivity contribution in [3.05, 3.63) is 22.2 Å². The van der Waals surface area contributed by atoms with E-state index in [1.54, 1.807) is 19.2 Å². The summed E-state index contributed by atoms with van der Waals surface area (Å²) >= 11 is 3.40. The number of rotatable bonds is 4. The molecule has 0 bridgehead atoms. The summed E-state index contributed by atoms with van der Waals surface area (Å²) in [6, 6.07) is 3.47. The monoisotopic (exact) mass is 328 g/mol. The number of methoxy groups -OCH3 is 2. The van der Waals surface area contributed by atoms with E-state index in [0.717, 1.165) is 12.8 Å². The molecule has 1 heterocycles. The third-order valence-corrected chi connectivity index (χ3v) is 4.03. The fourth-order valence-electron chi connectivity index (χ4n) is 2.26. The number of Topliss-reactive ketones (excluding diaryl/α,β-unsaturated/α-hetero) is 1. The smallest absolute Gasteiger partial charge is 0.195 e. The quantitative estimate of drug-likeness (QED) is 0.796. The fraction of sp³-hybridized carbons (Fsp3) is 0.500. The average Bonchev–Trinajstić information content (AvgIpc) is 2.84. The molecule has 2 atom stereocenters. The summed E-state index contributed by atoms with van der Waals surface area (Å²) in [7, 11) is 3.11. The van der Waals surface area contributed by atoms with Gasteiger partial charge in [0.2, 0.25) is 0 Å². The maximum absolute atomic E-state index is 12.5. The minimum absolute atomic E-state index is 0.0375. The number of halogens is 1. The predicted octanol–water partition coefficient (Wildman–Crippen LogP) is 3.22. The number of ketones is 1. The van der Waals surface area contributed by atoms with Crippen LogP contribution in [-0.4, -0.2) is 32.2 Å². The van der Waals surface area contributed by atoms with Gasteiger partial charge in [-0.1, -0.05) is 0 Å². The third kappa shape index (κ3) is 2.77. The van der Waals surface area contributed by atoms with Gasteiger partial charge in [-0.15, -0.1) is 0 Å². The van der Waals surface area contributed by atoms with E-state index in [-0.39, 0.29) is 18.0 Å². The number of carbonyl (C=O) groups is 1. The first kappa shape index (κ1) is 14.3. The van der Waals surface area contributed by atoms with Gasteiger partial charge in [-0.2, -0.15) is 0 Å². The molecule has 1 aromatic rings. The van der Waals surface area contributed by atoms with Gasteiger partial charge < -0.3 is 14.2 Å². The van der Waals surface area contributed by atoms with Crippen LogP contribution >= 0.6 is 15.9 Å². The number of carbonyl (C=O) groups excluding carboxylic acids is 1. The first-order valence-corrected chi connectivity index (χ1v) is 6.98. The molecule has 104 valence electrons. The Hall–Kier alpha value is -1.07. The van der Waals surface area contributed by atoms with Crippen molar-refractivity contribution in [3.63, 3.8) is 0 Å². The van der Waals surface area contributed by atoms with Crippen LogP contribution in [0.1, 0.15) is 30.1 Å². The topological polar surface area (TPSA) is 44.8 Å². The van der Waals surface area contributed by atoms with E-state index >= 15 is 0 Å². The lowest BCUT2D eigenvalue weighted by Gasteiger charge is -2.15. The van der Waals surface area contributed by atoms with Crippen LogP contribution in [0.25, 0.3) is 0 Å². The minimum Gasteiger partial charge on any atom is -0.495 e. The second-order valence-electron chi connectivity index (χ2n) is 4.54. The van der Waals surface area contributed by atoms with Gasteiger partial charge in [-0.3, -0.25) is 4.79 Å². The summed E-state index contributed by atoms with van der Waals surface area (Å²) in [4.78, 5) is 12.5. The third-order valence-electron chi connectivity index (χ3n) is 3.28. The molecule has 1 fully saturated rings. The van der Waals surface area contributed by atoms with Crippen LogP contribution in [0.3, 0.4) is 0 Å². The molecule has 0 aromatic heterocycles. The zero-order valence-electron chi connectivity index (χ0n) is 11.2. The zero-order valence-corrected chi connectivity index (χ0v) is 12.8. The van der Waals surface area contributed by atoms with Gasteiger partial charge in [-0.25, -0.2) is 0 Å². The molecule has 1 aliphatic rings. The highest BCUT2D eigenvalue weighted by atomic mass is 79.9. The van der Waals surface area contributed by atoms with Crippen LogP contribution < -0.4 is 9.47 Å². The van der Waals surface area contributed by atoms with Gasteiger partial charge in [0.25, 0.3) is 0 Å². The van der Waals surface area contributed by atoms with E-state index in [2.05, 4.69) is 15.9 Å². The van der Waals surface area contributed by atoms with E-state index in [0.29, 0.717) is 21.5 Å². The second-order valence-corrected chi connectivity index (χ2v) is 5.33. The van der Waals surface area contributed by atoms with Crippen molar-refractivity contribution in [2.75, 3.05) is 14.2 Å². The molecule has 1 aromatic carbocycles. The summed E-state index contributed by atoms with van der Waals surface area (Å²) < 4.78 is 16.8. The first-order valence-electron chi connectivity index (χ1n) is 6.18. The van der Waals surface area contributed by atoms with Crippen molar-refractivity contribution in [1.82, 2.24) is 0 Å². The fourth-order valence-corrected chi connectivity index (χ4v) is 2.93. The Morgan fingerprint density at radius 3 is 2.58 bits per heavy atom. The largest absolute Gasteiger partial charge is 0.495 e. The van der Waals surface area contributed by atoms with Crippen molar-refractivity contribution >= 4 is 21.7 Å². The van der Waals surface area contributed by atoms with Crippen molar-refractivity contribution in [2.24, 2.45) is 0 Å². The van der Waals surface area contributed by atoms with E-state index in [1.165, 1.54) is 7.11 Å². The Bertz CT molecular complexity index is 487. The molecule has 0 N–H and O–H groups in total. The van der Waals surface area contributed by atoms with Crippen LogP contribution in [0.2, 0.25) is 0 Å². The highest BCUT2D eigenvalue weighted by molar-refractivity contribution is 9.10. The summed E-state index contributed by atoms with van der Waals surface area (Å²) in [5, 5.41) is 0. The molecular formula is C14H17BrO4. The standard InChI is InChI=1S/C14H17BrO4/c1-8-4-6-11(19-8)13(16)9-5-7-10(17-2)12(15)14(9)18-3/h5,7-8,11H,4,6H2,1-3H3. The molecule has 0 saturated carbocycles. The van der Waals surface area contributed by atoms with Gasteiger partial charge in [-0.05, 0) is 47.8 Å². The Kier molecular flexibility index (Phi) is 4.47. The first-order chi connectivity index (χ1) is 9.08. The lowest BCUT2D eigenvalue weighted by molar-refractivity contribution is 0.0431. The van der Waals surface area contributed by atoms with E-state index in [9.17, 15) is 4.79 Å². The van der Waals surface area contributed by atoms with Crippen molar-refractivity contribution in [3.8, 4) is 11.5 Å². The van der Waals surface area contributed by atoms with Gasteiger partial charge >= 0.3 is 0 Å². The zero-order chi connectivity index (χ0) is 14.0.